The third-order valence-electron chi connectivity index (χ3n) is 4.25. The Labute approximate surface area is 179 Å². The first-order valence-electron chi connectivity index (χ1n) is 9.18. The molecule has 0 spiro atoms. The molecule has 0 aliphatic carbocycles. The summed E-state index contributed by atoms with van der Waals surface area (Å²) in [5.74, 6) is -0.0944. The van der Waals surface area contributed by atoms with Crippen LogP contribution >= 0.6 is 12.2 Å². The SMILES string of the molecule is Cc1cc(C)cc(NC(=S)/C(=C(\O)c2ccc(OC(F)F)cc2)[n+]2ccccc2)c1. The maximum Gasteiger partial charge on any atom is 0.387 e. The zero-order chi connectivity index (χ0) is 21.7. The normalized spacial score (nSPS) is 11.8. The summed E-state index contributed by atoms with van der Waals surface area (Å²) < 4.78 is 30.8. The maximum absolute atomic E-state index is 12.4. The minimum atomic E-state index is -2.91. The predicted octanol–water partition coefficient (Wildman–Crippen LogP) is 5.52. The number of nitrogens with zero attached hydrogens (tertiary/aromatic N) is 1. The quantitative estimate of drug-likeness (QED) is 0.235. The van der Waals surface area contributed by atoms with Crippen molar-refractivity contribution in [3.63, 3.8) is 0 Å². The number of aryl methyl sites for hydroxylation is 2. The van der Waals surface area contributed by atoms with Crippen LogP contribution in [0, 0.1) is 13.8 Å². The predicted molar refractivity (Wildman–Crippen MR) is 118 cm³/mol. The number of thiocarbonyl (C=S) groups is 1. The van der Waals surface area contributed by atoms with Gasteiger partial charge in [-0.05, 0) is 61.4 Å². The van der Waals surface area contributed by atoms with Gasteiger partial charge in [0.15, 0.2) is 23.1 Å². The second kappa shape index (κ2) is 9.45. The Morgan fingerprint density at radius 2 is 1.60 bits per heavy atom. The van der Waals surface area contributed by atoms with Crippen LogP contribution in [0.5, 0.6) is 5.75 Å². The number of anilines is 1. The van der Waals surface area contributed by atoms with E-state index in [1.54, 1.807) is 17.0 Å². The largest absolute Gasteiger partial charge is 0.502 e. The second-order valence-electron chi connectivity index (χ2n) is 6.71. The molecule has 0 atom stereocenters. The highest BCUT2D eigenvalue weighted by molar-refractivity contribution is 7.81. The average Bonchev–Trinajstić information content (AvgIpc) is 2.68. The van der Waals surface area contributed by atoms with Gasteiger partial charge in [0.05, 0.1) is 0 Å². The van der Waals surface area contributed by atoms with Crippen LogP contribution in [0.25, 0.3) is 11.5 Å². The van der Waals surface area contributed by atoms with Crippen molar-refractivity contribution in [2.24, 2.45) is 0 Å². The van der Waals surface area contributed by atoms with E-state index in [4.69, 9.17) is 12.2 Å². The number of alkyl halides is 2. The lowest BCUT2D eigenvalue weighted by Crippen LogP contribution is -2.38. The molecule has 154 valence electrons. The van der Waals surface area contributed by atoms with Crippen molar-refractivity contribution in [1.82, 2.24) is 0 Å². The summed E-state index contributed by atoms with van der Waals surface area (Å²) in [6.45, 7) is 1.07. The van der Waals surface area contributed by atoms with Gasteiger partial charge in [-0.15, -0.1) is 0 Å². The molecule has 2 aromatic carbocycles. The molecular formula is C23H21F2N2O2S+. The molecule has 2 N–H and O–H groups in total. The summed E-state index contributed by atoms with van der Waals surface area (Å²) in [5.41, 5.74) is 3.73. The zero-order valence-corrected chi connectivity index (χ0v) is 17.3. The van der Waals surface area contributed by atoms with Gasteiger partial charge in [-0.2, -0.15) is 13.3 Å². The molecule has 0 aliphatic rings. The number of aliphatic hydroxyl groups excluding tert-OH is 1. The third kappa shape index (κ3) is 5.39. The molecule has 0 saturated carbocycles. The first kappa shape index (κ1) is 21.4. The van der Waals surface area contributed by atoms with Crippen LogP contribution in [-0.4, -0.2) is 16.7 Å². The fraction of sp³-hybridized carbons (Fsp3) is 0.130. The van der Waals surface area contributed by atoms with E-state index in [0.29, 0.717) is 16.2 Å². The fourth-order valence-electron chi connectivity index (χ4n) is 3.06. The van der Waals surface area contributed by atoms with Crippen LogP contribution in [0.1, 0.15) is 16.7 Å². The number of ether oxygens (including phenoxy) is 1. The first-order valence-corrected chi connectivity index (χ1v) is 9.59. The highest BCUT2D eigenvalue weighted by Gasteiger charge is 2.24. The lowest BCUT2D eigenvalue weighted by molar-refractivity contribution is -0.575. The molecule has 7 heteroatoms. The summed E-state index contributed by atoms with van der Waals surface area (Å²) in [5, 5.41) is 14.2. The third-order valence-corrected chi connectivity index (χ3v) is 4.54. The molecule has 3 rings (SSSR count). The van der Waals surface area contributed by atoms with Gasteiger partial charge in [0.25, 0.3) is 5.70 Å². The van der Waals surface area contributed by atoms with Crippen molar-refractivity contribution < 1.29 is 23.2 Å². The van der Waals surface area contributed by atoms with Crippen LogP contribution in [0.3, 0.4) is 0 Å². The van der Waals surface area contributed by atoms with Crippen molar-refractivity contribution in [2.75, 3.05) is 5.32 Å². The van der Waals surface area contributed by atoms with Crippen LogP contribution in [0.4, 0.5) is 14.5 Å². The molecule has 0 unspecified atom stereocenters. The molecule has 0 radical (unpaired) electrons. The number of hydrogen-bond donors (Lipinski definition) is 2. The lowest BCUT2D eigenvalue weighted by atomic mass is 10.1. The van der Waals surface area contributed by atoms with Gasteiger partial charge in [0.2, 0.25) is 0 Å². The Bertz CT molecular complexity index is 1050. The number of aliphatic hydroxyl groups is 1. The van der Waals surface area contributed by atoms with Crippen LogP contribution in [0.2, 0.25) is 0 Å². The van der Waals surface area contributed by atoms with E-state index in [0.717, 1.165) is 16.8 Å². The van der Waals surface area contributed by atoms with Crippen molar-refractivity contribution in [1.29, 1.82) is 0 Å². The van der Waals surface area contributed by atoms with E-state index in [1.807, 2.05) is 44.2 Å². The van der Waals surface area contributed by atoms with E-state index >= 15 is 0 Å². The minimum absolute atomic E-state index is 0.00593. The number of halogens is 2. The summed E-state index contributed by atoms with van der Waals surface area (Å²) in [6, 6.07) is 17.2. The average molecular weight is 427 g/mol. The van der Waals surface area contributed by atoms with E-state index < -0.39 is 6.61 Å². The van der Waals surface area contributed by atoms with E-state index in [1.165, 1.54) is 24.3 Å². The number of aromatic nitrogens is 1. The number of rotatable bonds is 6. The second-order valence-corrected chi connectivity index (χ2v) is 7.12. The van der Waals surface area contributed by atoms with Crippen molar-refractivity contribution in [2.45, 2.75) is 20.5 Å². The minimum Gasteiger partial charge on any atom is -0.502 e. The zero-order valence-electron chi connectivity index (χ0n) is 16.5. The van der Waals surface area contributed by atoms with Gasteiger partial charge in [0.1, 0.15) is 5.75 Å². The monoisotopic (exact) mass is 427 g/mol. The Morgan fingerprint density at radius 3 is 2.17 bits per heavy atom. The van der Waals surface area contributed by atoms with Gasteiger partial charge in [-0.25, -0.2) is 0 Å². The maximum atomic E-state index is 12.4. The van der Waals surface area contributed by atoms with Crippen molar-refractivity contribution >= 4 is 34.3 Å². The number of benzene rings is 2. The fourth-order valence-corrected chi connectivity index (χ4v) is 3.38. The van der Waals surface area contributed by atoms with E-state index in [2.05, 4.69) is 16.1 Å². The molecule has 0 amide bonds. The molecule has 0 bridgehead atoms. The standard InChI is InChI=1S/C23H20F2N2O2S/c1-15-12-16(2)14-18(13-15)26-22(30)20(27-10-4-3-5-11-27)21(28)17-6-8-19(9-7-17)29-23(24)25/h3-14,23H,1-2H3,(H-,26,28,30)/p+1. The van der Waals surface area contributed by atoms with Crippen LogP contribution in [0.15, 0.2) is 73.1 Å². The summed E-state index contributed by atoms with van der Waals surface area (Å²) >= 11 is 5.61. The number of nitrogens with one attached hydrogen (secondary N) is 1. The smallest absolute Gasteiger partial charge is 0.387 e. The van der Waals surface area contributed by atoms with E-state index in [9.17, 15) is 13.9 Å². The summed E-state index contributed by atoms with van der Waals surface area (Å²) in [6.07, 6.45) is 3.52. The molecule has 4 nitrogen and oxygen atoms in total. The van der Waals surface area contributed by atoms with E-state index in [-0.39, 0.29) is 11.5 Å². The van der Waals surface area contributed by atoms with Crippen molar-refractivity contribution in [3.8, 4) is 5.75 Å². The summed E-state index contributed by atoms with van der Waals surface area (Å²) in [4.78, 5) is 0.307. The molecule has 3 aromatic rings. The molecule has 1 heterocycles. The van der Waals surface area contributed by atoms with Gasteiger partial charge < -0.3 is 15.2 Å². The highest BCUT2D eigenvalue weighted by Crippen LogP contribution is 2.23. The molecular weight excluding hydrogens is 406 g/mol. The molecule has 0 fully saturated rings. The Kier molecular flexibility index (Phi) is 6.74. The highest BCUT2D eigenvalue weighted by atomic mass is 32.1. The Hall–Kier alpha value is -3.32. The van der Waals surface area contributed by atoms with Gasteiger partial charge in [-0.1, -0.05) is 24.4 Å². The Morgan fingerprint density at radius 1 is 1.00 bits per heavy atom. The van der Waals surface area contributed by atoms with Crippen LogP contribution in [-0.2, 0) is 0 Å². The molecule has 1 aromatic heterocycles. The first-order chi connectivity index (χ1) is 14.3. The topological polar surface area (TPSA) is 45.4 Å². The van der Waals surface area contributed by atoms with Crippen LogP contribution < -0.4 is 14.6 Å². The Balaban J connectivity index is 2.00. The van der Waals surface area contributed by atoms with Crippen molar-refractivity contribution in [3.05, 3.63) is 89.7 Å². The summed E-state index contributed by atoms with van der Waals surface area (Å²) in [7, 11) is 0. The van der Waals surface area contributed by atoms with Gasteiger partial charge >= 0.3 is 6.61 Å². The number of pyridine rings is 1. The molecule has 30 heavy (non-hydrogen) atoms. The van der Waals surface area contributed by atoms with Gasteiger partial charge in [-0.3, -0.25) is 0 Å². The molecule has 0 aliphatic heterocycles. The van der Waals surface area contributed by atoms with Gasteiger partial charge in [0, 0.05) is 23.4 Å². The molecule has 0 saturated heterocycles. The lowest BCUT2D eigenvalue weighted by Gasteiger charge is -2.12. The number of hydrogen-bond acceptors (Lipinski definition) is 3.